The van der Waals surface area contributed by atoms with Crippen molar-refractivity contribution in [3.05, 3.63) is 88.2 Å². The van der Waals surface area contributed by atoms with E-state index in [1.165, 1.54) is 31.2 Å². The highest BCUT2D eigenvalue weighted by Crippen LogP contribution is 2.41. The van der Waals surface area contributed by atoms with E-state index in [0.717, 1.165) is 23.3 Å². The monoisotopic (exact) mass is 439 g/mol. The molecule has 1 aliphatic rings. The van der Waals surface area contributed by atoms with Crippen LogP contribution in [0.5, 0.6) is 5.75 Å². The van der Waals surface area contributed by atoms with E-state index in [9.17, 15) is 22.8 Å². The second-order valence-electron chi connectivity index (χ2n) is 7.80. The molecule has 0 bridgehead atoms. The largest absolute Gasteiger partial charge is 0.487 e. The number of benzene rings is 3. The molecule has 1 aliphatic heterocycles. The van der Waals surface area contributed by atoms with Gasteiger partial charge in [0, 0.05) is 23.1 Å². The normalized spacial score (nSPS) is 14.6. The summed E-state index contributed by atoms with van der Waals surface area (Å²) in [5.41, 5.74) is 2.19. The highest BCUT2D eigenvalue weighted by atomic mass is 19.1. The molecule has 0 aromatic heterocycles. The average Bonchev–Trinajstić information content (AvgIpc) is 3.14. The lowest BCUT2D eigenvalue weighted by molar-refractivity contribution is 0.0924. The van der Waals surface area contributed by atoms with E-state index in [2.05, 4.69) is 5.32 Å². The lowest BCUT2D eigenvalue weighted by atomic mass is 9.95. The number of fused-ring (bicyclic) bond motifs is 1. The van der Waals surface area contributed by atoms with Gasteiger partial charge in [0.05, 0.1) is 6.54 Å². The number of hydrogen-bond acceptors (Lipinski definition) is 3. The number of halogens is 3. The van der Waals surface area contributed by atoms with Crippen molar-refractivity contribution in [2.45, 2.75) is 26.4 Å². The third-order valence-electron chi connectivity index (χ3n) is 5.39. The molecule has 7 heteroatoms. The molecule has 3 aromatic carbocycles. The molecule has 1 amide bonds. The highest BCUT2D eigenvalue weighted by molar-refractivity contribution is 5.96. The number of ether oxygens (including phenoxy) is 1. The molecule has 32 heavy (non-hydrogen) atoms. The van der Waals surface area contributed by atoms with Crippen LogP contribution < -0.4 is 10.1 Å². The standard InChI is InChI=1S/C25H20F3NO3/c1-13-8-16-10-17(12-29-25(31)23-21(27)4-3-5-22(23)28)32-24(16)19(9-13)18-11-15(14(2)30)6-7-20(18)26/h3-9,11,17H,10,12H2,1-2H3,(H,29,31). The molecule has 1 N–H and O–H groups in total. The van der Waals surface area contributed by atoms with E-state index >= 15 is 0 Å². The Bertz CT molecular complexity index is 1220. The van der Waals surface area contributed by atoms with Crippen LogP contribution in [-0.2, 0) is 6.42 Å². The molecular weight excluding hydrogens is 419 g/mol. The summed E-state index contributed by atoms with van der Waals surface area (Å²) in [7, 11) is 0. The molecule has 0 fully saturated rings. The summed E-state index contributed by atoms with van der Waals surface area (Å²) in [6.07, 6.45) is -0.0682. The summed E-state index contributed by atoms with van der Waals surface area (Å²) < 4.78 is 48.3. The quantitative estimate of drug-likeness (QED) is 0.569. The lowest BCUT2D eigenvalue weighted by Crippen LogP contribution is -2.35. The molecule has 0 spiro atoms. The van der Waals surface area contributed by atoms with Gasteiger partial charge in [-0.25, -0.2) is 13.2 Å². The molecule has 0 saturated heterocycles. The number of amides is 1. The predicted octanol–water partition coefficient (Wildman–Crippen LogP) is 5.02. The molecule has 0 aliphatic carbocycles. The second-order valence-corrected chi connectivity index (χ2v) is 7.80. The van der Waals surface area contributed by atoms with E-state index in [-0.39, 0.29) is 17.9 Å². The molecule has 1 atom stereocenters. The zero-order chi connectivity index (χ0) is 23.0. The van der Waals surface area contributed by atoms with E-state index in [4.69, 9.17) is 4.74 Å². The van der Waals surface area contributed by atoms with Gasteiger partial charge >= 0.3 is 0 Å². The summed E-state index contributed by atoms with van der Waals surface area (Å²) in [4.78, 5) is 24.0. The van der Waals surface area contributed by atoms with Crippen LogP contribution in [0, 0.1) is 24.4 Å². The maximum Gasteiger partial charge on any atom is 0.257 e. The zero-order valence-electron chi connectivity index (χ0n) is 17.5. The first-order valence-corrected chi connectivity index (χ1v) is 10.1. The average molecular weight is 439 g/mol. The number of rotatable bonds is 5. The highest BCUT2D eigenvalue weighted by Gasteiger charge is 2.28. The van der Waals surface area contributed by atoms with Gasteiger partial charge in [-0.05, 0) is 61.4 Å². The molecule has 4 nitrogen and oxygen atoms in total. The van der Waals surface area contributed by atoms with Crippen molar-refractivity contribution in [3.8, 4) is 16.9 Å². The molecule has 3 aromatic rings. The molecule has 4 rings (SSSR count). The summed E-state index contributed by atoms with van der Waals surface area (Å²) in [5.74, 6) is -2.98. The van der Waals surface area contributed by atoms with E-state index in [1.807, 2.05) is 13.0 Å². The molecular formula is C25H20F3NO3. The fraction of sp³-hybridized carbons (Fsp3) is 0.200. The number of ketones is 1. The van der Waals surface area contributed by atoms with Crippen LogP contribution in [0.25, 0.3) is 11.1 Å². The third-order valence-corrected chi connectivity index (χ3v) is 5.39. The number of hydrogen-bond donors (Lipinski definition) is 1. The molecule has 164 valence electrons. The summed E-state index contributed by atoms with van der Waals surface area (Å²) in [5, 5.41) is 2.50. The summed E-state index contributed by atoms with van der Waals surface area (Å²) in [6, 6.07) is 11.1. The fourth-order valence-corrected chi connectivity index (χ4v) is 3.87. The topological polar surface area (TPSA) is 55.4 Å². The van der Waals surface area contributed by atoms with E-state index in [0.29, 0.717) is 23.3 Å². The van der Waals surface area contributed by atoms with Gasteiger partial charge in [-0.1, -0.05) is 12.1 Å². The first-order chi connectivity index (χ1) is 15.2. The maximum absolute atomic E-state index is 14.6. The Labute approximate surface area is 183 Å². The SMILES string of the molecule is CC(=O)c1ccc(F)c(-c2cc(C)cc3c2OC(CNC(=O)c2c(F)cccc2F)C3)c1. The van der Waals surface area contributed by atoms with Gasteiger partial charge in [-0.15, -0.1) is 0 Å². The van der Waals surface area contributed by atoms with Crippen LogP contribution in [0.15, 0.2) is 48.5 Å². The zero-order valence-corrected chi connectivity index (χ0v) is 17.5. The first-order valence-electron chi connectivity index (χ1n) is 10.1. The van der Waals surface area contributed by atoms with Gasteiger partial charge in [0.1, 0.15) is 34.9 Å². The minimum Gasteiger partial charge on any atom is -0.487 e. The molecule has 0 radical (unpaired) electrons. The Morgan fingerprint density at radius 1 is 1.00 bits per heavy atom. The van der Waals surface area contributed by atoms with Crippen LogP contribution >= 0.6 is 0 Å². The Morgan fingerprint density at radius 2 is 1.72 bits per heavy atom. The van der Waals surface area contributed by atoms with Crippen LogP contribution in [-0.4, -0.2) is 24.3 Å². The fourth-order valence-electron chi connectivity index (χ4n) is 3.87. The van der Waals surface area contributed by atoms with Gasteiger partial charge in [0.2, 0.25) is 0 Å². The van der Waals surface area contributed by atoms with Gasteiger partial charge < -0.3 is 10.1 Å². The van der Waals surface area contributed by atoms with Crippen molar-refractivity contribution in [1.82, 2.24) is 5.32 Å². The third kappa shape index (κ3) is 4.10. The van der Waals surface area contributed by atoms with Crippen molar-refractivity contribution in [2.24, 2.45) is 0 Å². The maximum atomic E-state index is 14.6. The summed E-state index contributed by atoms with van der Waals surface area (Å²) >= 11 is 0. The Hall–Kier alpha value is -3.61. The van der Waals surface area contributed by atoms with Crippen molar-refractivity contribution in [2.75, 3.05) is 6.54 Å². The number of nitrogens with one attached hydrogen (secondary N) is 1. The van der Waals surface area contributed by atoms with Gasteiger partial charge in [0.15, 0.2) is 5.78 Å². The van der Waals surface area contributed by atoms with Crippen molar-refractivity contribution in [1.29, 1.82) is 0 Å². The van der Waals surface area contributed by atoms with Gasteiger partial charge in [0.25, 0.3) is 5.91 Å². The van der Waals surface area contributed by atoms with Gasteiger partial charge in [-0.3, -0.25) is 9.59 Å². The van der Waals surface area contributed by atoms with Crippen LogP contribution in [0.1, 0.15) is 38.8 Å². The number of carbonyl (C=O) groups excluding carboxylic acids is 2. The van der Waals surface area contributed by atoms with Crippen LogP contribution in [0.4, 0.5) is 13.2 Å². The first kappa shape index (κ1) is 21.6. The lowest BCUT2D eigenvalue weighted by Gasteiger charge is -2.15. The number of carbonyl (C=O) groups is 2. The minimum absolute atomic E-state index is 0.00967. The van der Waals surface area contributed by atoms with E-state index in [1.54, 1.807) is 6.07 Å². The number of Topliss-reactive ketones (excluding diaryl/α,β-unsaturated/α-hetero) is 1. The van der Waals surface area contributed by atoms with Crippen molar-refractivity contribution >= 4 is 11.7 Å². The predicted molar refractivity (Wildman–Crippen MR) is 113 cm³/mol. The summed E-state index contributed by atoms with van der Waals surface area (Å²) in [6.45, 7) is 3.29. The Morgan fingerprint density at radius 3 is 2.41 bits per heavy atom. The molecule has 0 saturated carbocycles. The minimum atomic E-state index is -0.947. The molecule has 1 unspecified atom stereocenters. The van der Waals surface area contributed by atoms with E-state index < -0.39 is 35.0 Å². The number of aryl methyl sites for hydroxylation is 1. The van der Waals surface area contributed by atoms with Crippen LogP contribution in [0.3, 0.4) is 0 Å². The van der Waals surface area contributed by atoms with Crippen molar-refractivity contribution < 1.29 is 27.5 Å². The Balaban J connectivity index is 1.58. The molecule has 1 heterocycles. The second kappa shape index (κ2) is 8.49. The van der Waals surface area contributed by atoms with Gasteiger partial charge in [-0.2, -0.15) is 0 Å². The van der Waals surface area contributed by atoms with Crippen LogP contribution in [0.2, 0.25) is 0 Å². The van der Waals surface area contributed by atoms with Crippen molar-refractivity contribution in [3.63, 3.8) is 0 Å². The Kier molecular flexibility index (Phi) is 5.74. The smallest absolute Gasteiger partial charge is 0.257 e.